The van der Waals surface area contributed by atoms with Gasteiger partial charge in [-0.3, -0.25) is 0 Å². The molecule has 2 aromatic carbocycles. The summed E-state index contributed by atoms with van der Waals surface area (Å²) < 4.78 is 40.6. The lowest BCUT2D eigenvalue weighted by Crippen LogP contribution is -2.31. The summed E-state index contributed by atoms with van der Waals surface area (Å²) in [4.78, 5) is 0. The number of nitrogens with one attached hydrogen (secondary N) is 1. The van der Waals surface area contributed by atoms with Gasteiger partial charge in [-0.05, 0) is 46.9 Å². The van der Waals surface area contributed by atoms with Crippen LogP contribution in [0.2, 0.25) is 0 Å². The fourth-order valence-electron chi connectivity index (χ4n) is 2.64. The summed E-state index contributed by atoms with van der Waals surface area (Å²) in [5.74, 6) is 0. The highest BCUT2D eigenvalue weighted by Gasteiger charge is 2.40. The van der Waals surface area contributed by atoms with Gasteiger partial charge in [-0.1, -0.05) is 63.2 Å². The van der Waals surface area contributed by atoms with Crippen LogP contribution >= 0.6 is 0 Å². The largest absolute Gasteiger partial charge is 0.412 e. The quantitative estimate of drug-likeness (QED) is 0.719. The van der Waals surface area contributed by atoms with Crippen molar-refractivity contribution in [1.82, 2.24) is 5.32 Å². The Kier molecular flexibility index (Phi) is 6.32. The smallest absolute Gasteiger partial charge is 0.377 e. The minimum atomic E-state index is -4.41. The molecule has 0 bridgehead atoms. The zero-order chi connectivity index (χ0) is 20.1. The molecule has 5 heteroatoms. The summed E-state index contributed by atoms with van der Waals surface area (Å²) in [7, 11) is 0. The Hall–Kier alpha value is -2.74. The van der Waals surface area contributed by atoms with Crippen molar-refractivity contribution in [2.45, 2.75) is 44.8 Å². The second-order valence-corrected chi connectivity index (χ2v) is 7.43. The Bertz CT molecular complexity index is 822. The van der Waals surface area contributed by atoms with Gasteiger partial charge < -0.3 is 5.32 Å². The molecular weight excluding hydrogens is 349 g/mol. The van der Waals surface area contributed by atoms with E-state index in [1.165, 1.54) is 12.3 Å². The van der Waals surface area contributed by atoms with Crippen LogP contribution in [-0.2, 0) is 11.8 Å². The first-order valence-electron chi connectivity index (χ1n) is 8.68. The van der Waals surface area contributed by atoms with E-state index in [9.17, 15) is 13.2 Å². The third kappa shape index (κ3) is 5.89. The lowest BCUT2D eigenvalue weighted by Gasteiger charge is -2.24. The zero-order valence-corrected chi connectivity index (χ0v) is 15.6. The molecule has 1 unspecified atom stereocenters. The lowest BCUT2D eigenvalue weighted by molar-refractivity contribution is -0.155. The first-order valence-corrected chi connectivity index (χ1v) is 8.68. The number of alkyl halides is 3. The molecule has 27 heavy (non-hydrogen) atoms. The second-order valence-electron chi connectivity index (χ2n) is 7.43. The van der Waals surface area contributed by atoms with Gasteiger partial charge in [0.2, 0.25) is 0 Å². The maximum absolute atomic E-state index is 13.5. The topological polar surface area (TPSA) is 35.8 Å². The van der Waals surface area contributed by atoms with Gasteiger partial charge in [-0.25, -0.2) is 0 Å². The predicted molar refractivity (Wildman–Crippen MR) is 101 cm³/mol. The molecule has 142 valence electrons. The molecule has 0 aromatic heterocycles. The lowest BCUT2D eigenvalue weighted by atomic mass is 9.85. The molecule has 0 spiro atoms. The summed E-state index contributed by atoms with van der Waals surface area (Å²) in [6.45, 7) is 5.92. The molecule has 0 saturated carbocycles. The Labute approximate surface area is 158 Å². The van der Waals surface area contributed by atoms with Crippen LogP contribution in [0.25, 0.3) is 0 Å². The number of halogens is 3. The SMILES string of the molecule is CC(C)(C)c1cccc(C(N/C=C/Cc2ccc(C#N)cc2)C(F)(F)F)c1. The number of rotatable bonds is 5. The van der Waals surface area contributed by atoms with Crippen molar-refractivity contribution < 1.29 is 13.2 Å². The molecule has 0 heterocycles. The van der Waals surface area contributed by atoms with Gasteiger partial charge in [0.15, 0.2) is 0 Å². The molecule has 0 aliphatic carbocycles. The Morgan fingerprint density at radius 1 is 1.07 bits per heavy atom. The van der Waals surface area contributed by atoms with Crippen LogP contribution in [0.1, 0.15) is 49.1 Å². The van der Waals surface area contributed by atoms with E-state index in [4.69, 9.17) is 5.26 Å². The van der Waals surface area contributed by atoms with E-state index >= 15 is 0 Å². The highest BCUT2D eigenvalue weighted by Crippen LogP contribution is 2.34. The van der Waals surface area contributed by atoms with E-state index in [0.29, 0.717) is 12.0 Å². The Balaban J connectivity index is 2.12. The van der Waals surface area contributed by atoms with E-state index in [1.807, 2.05) is 32.9 Å². The molecule has 2 aromatic rings. The van der Waals surface area contributed by atoms with Crippen molar-refractivity contribution >= 4 is 0 Å². The van der Waals surface area contributed by atoms with Crippen molar-refractivity contribution in [1.29, 1.82) is 5.26 Å². The fourth-order valence-corrected chi connectivity index (χ4v) is 2.64. The van der Waals surface area contributed by atoms with Crippen LogP contribution in [0.15, 0.2) is 60.8 Å². The molecule has 2 rings (SSSR count). The van der Waals surface area contributed by atoms with Crippen molar-refractivity contribution in [2.24, 2.45) is 0 Å². The molecule has 0 fully saturated rings. The first kappa shape index (κ1) is 20.6. The van der Waals surface area contributed by atoms with Gasteiger partial charge in [-0.2, -0.15) is 18.4 Å². The van der Waals surface area contributed by atoms with Crippen LogP contribution in [0.4, 0.5) is 13.2 Å². The van der Waals surface area contributed by atoms with Gasteiger partial charge in [0.05, 0.1) is 11.6 Å². The van der Waals surface area contributed by atoms with Crippen molar-refractivity contribution in [3.63, 3.8) is 0 Å². The third-order valence-corrected chi connectivity index (χ3v) is 4.23. The summed E-state index contributed by atoms with van der Waals surface area (Å²) in [6.07, 6.45) is -0.936. The highest BCUT2D eigenvalue weighted by atomic mass is 19.4. The molecule has 0 amide bonds. The van der Waals surface area contributed by atoms with Gasteiger partial charge in [0.25, 0.3) is 0 Å². The highest BCUT2D eigenvalue weighted by molar-refractivity contribution is 5.33. The van der Waals surface area contributed by atoms with Crippen molar-refractivity contribution in [3.05, 3.63) is 83.1 Å². The van der Waals surface area contributed by atoms with Gasteiger partial charge in [-0.15, -0.1) is 0 Å². The normalized spacial score (nSPS) is 13.4. The third-order valence-electron chi connectivity index (χ3n) is 4.23. The molecule has 0 saturated heterocycles. The molecule has 0 aliphatic heterocycles. The van der Waals surface area contributed by atoms with Crippen LogP contribution in [-0.4, -0.2) is 6.18 Å². The molecule has 2 nitrogen and oxygen atoms in total. The van der Waals surface area contributed by atoms with E-state index < -0.39 is 12.2 Å². The van der Waals surface area contributed by atoms with E-state index in [2.05, 4.69) is 5.32 Å². The average molecular weight is 372 g/mol. The maximum atomic E-state index is 13.5. The Morgan fingerprint density at radius 2 is 1.74 bits per heavy atom. The van der Waals surface area contributed by atoms with Gasteiger partial charge >= 0.3 is 6.18 Å². The molecule has 1 atom stereocenters. The number of hydrogen-bond donors (Lipinski definition) is 1. The van der Waals surface area contributed by atoms with Crippen LogP contribution in [0.3, 0.4) is 0 Å². The van der Waals surface area contributed by atoms with Gasteiger partial charge in [0.1, 0.15) is 6.04 Å². The first-order chi connectivity index (χ1) is 12.6. The fraction of sp³-hybridized carbons (Fsp3) is 0.318. The summed E-state index contributed by atoms with van der Waals surface area (Å²) in [5.41, 5.74) is 2.30. The van der Waals surface area contributed by atoms with Crippen LogP contribution in [0.5, 0.6) is 0 Å². The van der Waals surface area contributed by atoms with E-state index in [-0.39, 0.29) is 11.0 Å². The minimum absolute atomic E-state index is 0.193. The summed E-state index contributed by atoms with van der Waals surface area (Å²) in [5, 5.41) is 11.3. The summed E-state index contributed by atoms with van der Waals surface area (Å²) in [6, 6.07) is 13.8. The van der Waals surface area contributed by atoms with Crippen LogP contribution in [0, 0.1) is 11.3 Å². The predicted octanol–water partition coefficient (Wildman–Crippen LogP) is 5.81. The Morgan fingerprint density at radius 3 is 2.30 bits per heavy atom. The number of nitriles is 1. The number of hydrogen-bond acceptors (Lipinski definition) is 2. The number of allylic oxidation sites excluding steroid dienone is 1. The van der Waals surface area contributed by atoms with Crippen molar-refractivity contribution in [2.75, 3.05) is 0 Å². The maximum Gasteiger partial charge on any atom is 0.412 e. The monoisotopic (exact) mass is 372 g/mol. The summed E-state index contributed by atoms with van der Waals surface area (Å²) >= 11 is 0. The standard InChI is InChI=1S/C22H23F3N2/c1-21(2,3)19-8-4-7-18(14-19)20(22(23,24)25)27-13-5-6-16-9-11-17(15-26)12-10-16/h4-5,7-14,20,27H,6H2,1-3H3/b13-5+. The molecule has 0 aliphatic rings. The van der Waals surface area contributed by atoms with Crippen molar-refractivity contribution in [3.8, 4) is 6.07 Å². The van der Waals surface area contributed by atoms with E-state index in [0.717, 1.165) is 11.1 Å². The van der Waals surface area contributed by atoms with Crippen LogP contribution < -0.4 is 5.32 Å². The number of nitrogens with zero attached hydrogens (tertiary/aromatic N) is 1. The zero-order valence-electron chi connectivity index (χ0n) is 15.6. The van der Waals surface area contributed by atoms with E-state index in [1.54, 1.807) is 42.5 Å². The van der Waals surface area contributed by atoms with Gasteiger partial charge in [0, 0.05) is 0 Å². The second kappa shape index (κ2) is 8.30. The molecular formula is C22H23F3N2. The molecule has 0 radical (unpaired) electrons. The minimum Gasteiger partial charge on any atom is -0.377 e. The molecule has 1 N–H and O–H groups in total. The average Bonchev–Trinajstić information content (AvgIpc) is 2.60. The number of benzene rings is 2.